The zero-order valence-corrected chi connectivity index (χ0v) is 9.15. The summed E-state index contributed by atoms with van der Waals surface area (Å²) in [6.07, 6.45) is -1.93. The number of aliphatic hydroxyl groups is 2. The molecule has 0 saturated carbocycles. The topological polar surface area (TPSA) is 130 Å². The zero-order valence-electron chi connectivity index (χ0n) is 9.15. The van der Waals surface area contributed by atoms with Crippen LogP contribution in [0.3, 0.4) is 0 Å². The molecule has 2 heterocycles. The predicted octanol–water partition coefficient (Wildman–Crippen LogP) is -1.99. The van der Waals surface area contributed by atoms with Gasteiger partial charge in [-0.2, -0.15) is 0 Å². The summed E-state index contributed by atoms with van der Waals surface area (Å²) in [6.45, 7) is 1.75. The average molecular weight is 242 g/mol. The quantitative estimate of drug-likeness (QED) is 0.356. The molecule has 1 aromatic rings. The van der Waals surface area contributed by atoms with Gasteiger partial charge in [-0.05, 0) is 6.92 Å². The van der Waals surface area contributed by atoms with Crippen molar-refractivity contribution in [1.82, 2.24) is 9.97 Å². The zero-order chi connectivity index (χ0) is 12.6. The van der Waals surface area contributed by atoms with Crippen molar-refractivity contribution in [2.45, 2.75) is 25.2 Å². The van der Waals surface area contributed by atoms with E-state index < -0.39 is 29.5 Å². The van der Waals surface area contributed by atoms with Crippen LogP contribution in [-0.2, 0) is 0 Å². The van der Waals surface area contributed by atoms with Crippen molar-refractivity contribution >= 4 is 11.5 Å². The van der Waals surface area contributed by atoms with Gasteiger partial charge in [0.05, 0.1) is 12.1 Å². The Hall–Kier alpha value is -1.80. The molecule has 8 heteroatoms. The molecule has 8 nitrogen and oxygen atoms in total. The highest BCUT2D eigenvalue weighted by atomic mass is 16.3. The molecular weight excluding hydrogens is 228 g/mol. The van der Waals surface area contributed by atoms with Crippen LogP contribution in [0.4, 0.5) is 11.5 Å². The van der Waals surface area contributed by atoms with E-state index in [9.17, 15) is 19.8 Å². The monoisotopic (exact) mass is 242 g/mol. The molecule has 0 aliphatic carbocycles. The maximum atomic E-state index is 11.5. The van der Waals surface area contributed by atoms with Crippen molar-refractivity contribution in [3.63, 3.8) is 0 Å². The second kappa shape index (κ2) is 4.22. The number of nitrogens with one attached hydrogen (secondary N) is 4. The Bertz CT molecular complexity index is 520. The van der Waals surface area contributed by atoms with Gasteiger partial charge in [-0.3, -0.25) is 14.8 Å². The Morgan fingerprint density at radius 2 is 2.00 bits per heavy atom. The van der Waals surface area contributed by atoms with Gasteiger partial charge in [0.15, 0.2) is 0 Å². The third-order valence-electron chi connectivity index (χ3n) is 2.68. The Morgan fingerprint density at radius 3 is 2.65 bits per heavy atom. The molecule has 0 bridgehead atoms. The van der Waals surface area contributed by atoms with Crippen molar-refractivity contribution in [3.8, 4) is 0 Å². The van der Waals surface area contributed by atoms with Crippen molar-refractivity contribution in [2.75, 3.05) is 17.2 Å². The number of rotatable bonds is 2. The van der Waals surface area contributed by atoms with Gasteiger partial charge in [0, 0.05) is 6.54 Å². The van der Waals surface area contributed by atoms with Crippen LogP contribution in [0.1, 0.15) is 6.92 Å². The highest BCUT2D eigenvalue weighted by Crippen LogP contribution is 2.19. The lowest BCUT2D eigenvalue weighted by molar-refractivity contribution is 0.0214. The molecule has 0 radical (unpaired) electrons. The van der Waals surface area contributed by atoms with E-state index in [1.54, 1.807) is 0 Å². The minimum atomic E-state index is -1.01. The van der Waals surface area contributed by atoms with Gasteiger partial charge in [-0.15, -0.1) is 0 Å². The van der Waals surface area contributed by atoms with Gasteiger partial charge in [-0.1, -0.05) is 0 Å². The van der Waals surface area contributed by atoms with Gasteiger partial charge < -0.3 is 20.8 Å². The molecule has 0 aromatic carbocycles. The van der Waals surface area contributed by atoms with Crippen LogP contribution in [0, 0.1) is 0 Å². The fourth-order valence-corrected chi connectivity index (χ4v) is 1.75. The summed E-state index contributed by atoms with van der Waals surface area (Å²) in [4.78, 5) is 27.0. The number of aliphatic hydroxyl groups excluding tert-OH is 2. The molecular formula is C9H14N4O4. The first-order chi connectivity index (χ1) is 7.99. The summed E-state index contributed by atoms with van der Waals surface area (Å²) in [5, 5.41) is 24.6. The van der Waals surface area contributed by atoms with E-state index in [-0.39, 0.29) is 11.5 Å². The van der Waals surface area contributed by atoms with Crippen molar-refractivity contribution in [3.05, 3.63) is 20.8 Å². The summed E-state index contributed by atoms with van der Waals surface area (Å²) in [6, 6.07) is -0.505. The molecule has 0 amide bonds. The van der Waals surface area contributed by atoms with Crippen molar-refractivity contribution < 1.29 is 10.2 Å². The predicted molar refractivity (Wildman–Crippen MR) is 61.3 cm³/mol. The Morgan fingerprint density at radius 1 is 1.29 bits per heavy atom. The normalized spacial score (nSPS) is 21.9. The number of aromatic amines is 2. The molecule has 6 N–H and O–H groups in total. The summed E-state index contributed by atoms with van der Waals surface area (Å²) in [5.74, 6) is 0.285. The summed E-state index contributed by atoms with van der Waals surface area (Å²) >= 11 is 0. The lowest BCUT2D eigenvalue weighted by Gasteiger charge is -2.31. The average Bonchev–Trinajstić information content (AvgIpc) is 2.27. The van der Waals surface area contributed by atoms with Crippen LogP contribution < -0.4 is 21.9 Å². The van der Waals surface area contributed by atoms with Crippen molar-refractivity contribution in [1.29, 1.82) is 0 Å². The van der Waals surface area contributed by atoms with E-state index in [4.69, 9.17) is 0 Å². The van der Waals surface area contributed by atoms with Gasteiger partial charge in [-0.25, -0.2) is 4.79 Å². The molecule has 94 valence electrons. The van der Waals surface area contributed by atoms with E-state index in [2.05, 4.69) is 20.6 Å². The molecule has 2 rings (SSSR count). The van der Waals surface area contributed by atoms with Crippen LogP contribution in [0.5, 0.6) is 0 Å². The van der Waals surface area contributed by atoms with Crippen LogP contribution in [0.2, 0.25) is 0 Å². The minimum absolute atomic E-state index is 0.153. The van der Waals surface area contributed by atoms with E-state index in [0.717, 1.165) is 0 Å². The lowest BCUT2D eigenvalue weighted by Crippen LogP contribution is -2.49. The third-order valence-corrected chi connectivity index (χ3v) is 2.68. The van der Waals surface area contributed by atoms with Gasteiger partial charge in [0.1, 0.15) is 17.6 Å². The third kappa shape index (κ3) is 2.17. The number of hydrogen-bond acceptors (Lipinski definition) is 6. The second-order valence-electron chi connectivity index (χ2n) is 4.02. The fraction of sp³-hybridized carbons (Fsp3) is 0.556. The highest BCUT2D eigenvalue weighted by molar-refractivity contribution is 5.65. The summed E-state index contributed by atoms with van der Waals surface area (Å²) in [5.41, 5.74) is -1.02. The number of aromatic nitrogens is 2. The van der Waals surface area contributed by atoms with Gasteiger partial charge in [0.25, 0.3) is 5.56 Å². The largest absolute Gasteiger partial charge is 0.391 e. The second-order valence-corrected chi connectivity index (χ2v) is 4.02. The van der Waals surface area contributed by atoms with Crippen LogP contribution in [-0.4, -0.2) is 45.0 Å². The SMILES string of the molecule is CC(O)C(O)C1CNc2[nH]c(=O)[nH]c(=O)c2N1. The molecule has 0 saturated heterocycles. The molecule has 17 heavy (non-hydrogen) atoms. The first-order valence-electron chi connectivity index (χ1n) is 5.22. The molecule has 1 aliphatic rings. The molecule has 0 fully saturated rings. The maximum absolute atomic E-state index is 11.5. The lowest BCUT2D eigenvalue weighted by atomic mass is 10.0. The summed E-state index contributed by atoms with van der Waals surface area (Å²) < 4.78 is 0. The fourth-order valence-electron chi connectivity index (χ4n) is 1.75. The molecule has 3 unspecified atom stereocenters. The first kappa shape index (κ1) is 11.7. The molecule has 1 aromatic heterocycles. The van der Waals surface area contributed by atoms with Crippen molar-refractivity contribution in [2.24, 2.45) is 0 Å². The maximum Gasteiger partial charge on any atom is 0.327 e. The van der Waals surface area contributed by atoms with E-state index in [1.807, 2.05) is 0 Å². The van der Waals surface area contributed by atoms with Crippen LogP contribution in [0.25, 0.3) is 0 Å². The van der Waals surface area contributed by atoms with Gasteiger partial charge >= 0.3 is 5.69 Å². The van der Waals surface area contributed by atoms with E-state index in [1.165, 1.54) is 6.92 Å². The first-order valence-corrected chi connectivity index (χ1v) is 5.22. The Kier molecular flexibility index (Phi) is 2.90. The highest BCUT2D eigenvalue weighted by Gasteiger charge is 2.28. The minimum Gasteiger partial charge on any atom is -0.391 e. The molecule has 1 aliphatic heterocycles. The Balaban J connectivity index is 2.31. The number of fused-ring (bicyclic) bond motifs is 1. The smallest absolute Gasteiger partial charge is 0.327 e. The molecule has 3 atom stereocenters. The number of anilines is 2. The standard InChI is InChI=1S/C9H14N4O4/c1-3(14)6(15)4-2-10-7-5(11-4)8(16)13-9(17)12-7/h3-4,6,11,14-15H,2H2,1H3,(H3,10,12,13,16,17). The van der Waals surface area contributed by atoms with E-state index in [0.29, 0.717) is 6.54 Å². The van der Waals surface area contributed by atoms with E-state index >= 15 is 0 Å². The number of hydrogen-bond donors (Lipinski definition) is 6. The van der Waals surface area contributed by atoms with Gasteiger partial charge in [0.2, 0.25) is 0 Å². The Labute approximate surface area is 95.7 Å². The summed E-state index contributed by atoms with van der Waals surface area (Å²) in [7, 11) is 0. The molecule has 0 spiro atoms. The van der Waals surface area contributed by atoms with Crippen LogP contribution >= 0.6 is 0 Å². The van der Waals surface area contributed by atoms with Crippen LogP contribution in [0.15, 0.2) is 9.59 Å². The number of H-pyrrole nitrogens is 2.